The number of carbonyl (C=O) groups excluding carboxylic acids is 1. The highest BCUT2D eigenvalue weighted by atomic mass is 79.9. The molecule has 0 aliphatic carbocycles. The molecule has 0 radical (unpaired) electrons. The Kier molecular flexibility index (Phi) is 4.21. The van der Waals surface area contributed by atoms with Gasteiger partial charge in [0.05, 0.1) is 6.07 Å². The van der Waals surface area contributed by atoms with E-state index in [1.807, 2.05) is 30.3 Å². The predicted octanol–water partition coefficient (Wildman–Crippen LogP) is 2.06. The van der Waals surface area contributed by atoms with E-state index in [1.165, 1.54) is 0 Å². The molecule has 1 atom stereocenters. The number of nitrogens with zero attached hydrogens (tertiary/aromatic N) is 2. The van der Waals surface area contributed by atoms with Gasteiger partial charge in [0.2, 0.25) is 5.91 Å². The third-order valence-corrected chi connectivity index (χ3v) is 3.53. The molecule has 5 heteroatoms. The predicted molar refractivity (Wildman–Crippen MR) is 73.1 cm³/mol. The molecule has 0 saturated carbocycles. The number of halogens is 1. The van der Waals surface area contributed by atoms with Crippen molar-refractivity contribution < 1.29 is 4.79 Å². The average Bonchev–Trinajstić information content (AvgIpc) is 2.85. The number of carbonyl (C=O) groups is 1. The van der Waals surface area contributed by atoms with E-state index in [9.17, 15) is 4.79 Å². The van der Waals surface area contributed by atoms with Crippen molar-refractivity contribution in [2.75, 3.05) is 18.0 Å². The van der Waals surface area contributed by atoms with Gasteiger partial charge in [0, 0.05) is 16.7 Å². The van der Waals surface area contributed by atoms with Crippen molar-refractivity contribution in [1.82, 2.24) is 5.32 Å². The summed E-state index contributed by atoms with van der Waals surface area (Å²) >= 11 is 3.44. The Morgan fingerprint density at radius 2 is 2.44 bits per heavy atom. The van der Waals surface area contributed by atoms with Crippen molar-refractivity contribution in [3.63, 3.8) is 0 Å². The number of amides is 1. The Morgan fingerprint density at radius 3 is 3.17 bits per heavy atom. The van der Waals surface area contributed by atoms with Gasteiger partial charge >= 0.3 is 0 Å². The number of anilines is 1. The fraction of sp³-hybridized carbons (Fsp3) is 0.385. The molecule has 1 aliphatic heterocycles. The van der Waals surface area contributed by atoms with Crippen LogP contribution >= 0.6 is 15.9 Å². The first-order chi connectivity index (χ1) is 8.72. The molecule has 18 heavy (non-hydrogen) atoms. The van der Waals surface area contributed by atoms with Crippen molar-refractivity contribution in [2.45, 2.75) is 18.9 Å². The van der Waals surface area contributed by atoms with E-state index in [2.05, 4.69) is 26.1 Å². The lowest BCUT2D eigenvalue weighted by atomic mass is 10.2. The van der Waals surface area contributed by atoms with Crippen LogP contribution in [-0.2, 0) is 4.79 Å². The summed E-state index contributed by atoms with van der Waals surface area (Å²) in [5.41, 5.74) is 1.04. The van der Waals surface area contributed by atoms with E-state index in [-0.39, 0.29) is 18.5 Å². The molecule has 1 aromatic carbocycles. The standard InChI is InChI=1S/C13H14BrN3O/c14-10-3-1-4-11(9-10)17-8-2-5-12(17)13(18)16-7-6-15/h1,3-4,9,12H,2,5,7-8H2,(H,16,18)/t12-/m0/s1. The second-order valence-corrected chi connectivity index (χ2v) is 5.12. The molecule has 94 valence electrons. The zero-order valence-electron chi connectivity index (χ0n) is 9.90. The smallest absolute Gasteiger partial charge is 0.243 e. The molecule has 1 saturated heterocycles. The summed E-state index contributed by atoms with van der Waals surface area (Å²) < 4.78 is 1.00. The summed E-state index contributed by atoms with van der Waals surface area (Å²) in [4.78, 5) is 14.1. The van der Waals surface area contributed by atoms with Gasteiger partial charge < -0.3 is 10.2 Å². The number of benzene rings is 1. The van der Waals surface area contributed by atoms with Crippen LogP contribution in [0.15, 0.2) is 28.7 Å². The SMILES string of the molecule is N#CCNC(=O)[C@@H]1CCCN1c1cccc(Br)c1. The second-order valence-electron chi connectivity index (χ2n) is 4.21. The Hall–Kier alpha value is -1.54. The third-order valence-electron chi connectivity index (χ3n) is 3.04. The van der Waals surface area contributed by atoms with Crippen molar-refractivity contribution in [3.8, 4) is 6.07 Å². The molecule has 2 rings (SSSR count). The van der Waals surface area contributed by atoms with Gasteiger partial charge in [-0.15, -0.1) is 0 Å². The Balaban J connectivity index is 2.12. The van der Waals surface area contributed by atoms with Crippen molar-refractivity contribution in [3.05, 3.63) is 28.7 Å². The van der Waals surface area contributed by atoms with E-state index in [0.717, 1.165) is 29.5 Å². The molecule has 0 bridgehead atoms. The lowest BCUT2D eigenvalue weighted by Gasteiger charge is -2.25. The van der Waals surface area contributed by atoms with Crippen molar-refractivity contribution >= 4 is 27.5 Å². The number of rotatable bonds is 3. The molecule has 1 amide bonds. The maximum absolute atomic E-state index is 12.0. The molecular formula is C13H14BrN3O. The van der Waals surface area contributed by atoms with Crippen LogP contribution in [0.1, 0.15) is 12.8 Å². The first kappa shape index (κ1) is 12.9. The maximum Gasteiger partial charge on any atom is 0.243 e. The topological polar surface area (TPSA) is 56.1 Å². The molecule has 1 aromatic rings. The summed E-state index contributed by atoms with van der Waals surface area (Å²) in [5, 5.41) is 11.1. The van der Waals surface area contributed by atoms with Crippen LogP contribution in [0, 0.1) is 11.3 Å². The molecule has 0 aromatic heterocycles. The zero-order valence-corrected chi connectivity index (χ0v) is 11.5. The Bertz CT molecular complexity index is 483. The van der Waals surface area contributed by atoms with Crippen LogP contribution < -0.4 is 10.2 Å². The summed E-state index contributed by atoms with van der Waals surface area (Å²) in [6.45, 7) is 0.947. The first-order valence-corrected chi connectivity index (χ1v) is 6.68. The quantitative estimate of drug-likeness (QED) is 0.870. The number of hydrogen-bond donors (Lipinski definition) is 1. The maximum atomic E-state index is 12.0. The minimum absolute atomic E-state index is 0.0611. The highest BCUT2D eigenvalue weighted by Crippen LogP contribution is 2.27. The largest absolute Gasteiger partial charge is 0.359 e. The van der Waals surface area contributed by atoms with Gasteiger partial charge in [-0.1, -0.05) is 22.0 Å². The van der Waals surface area contributed by atoms with Gasteiger partial charge in [-0.2, -0.15) is 5.26 Å². The third kappa shape index (κ3) is 2.82. The summed E-state index contributed by atoms with van der Waals surface area (Å²) in [6.07, 6.45) is 1.83. The van der Waals surface area contributed by atoms with Crippen LogP contribution in [0.25, 0.3) is 0 Å². The van der Waals surface area contributed by atoms with Crippen LogP contribution in [0.5, 0.6) is 0 Å². The van der Waals surface area contributed by atoms with Crippen LogP contribution in [0.3, 0.4) is 0 Å². The van der Waals surface area contributed by atoms with Gasteiger partial charge in [0.1, 0.15) is 12.6 Å². The molecular weight excluding hydrogens is 294 g/mol. The minimum atomic E-state index is -0.160. The van der Waals surface area contributed by atoms with E-state index in [1.54, 1.807) is 0 Å². The number of nitriles is 1. The molecule has 1 N–H and O–H groups in total. The molecule has 4 nitrogen and oxygen atoms in total. The van der Waals surface area contributed by atoms with E-state index < -0.39 is 0 Å². The zero-order chi connectivity index (χ0) is 13.0. The highest BCUT2D eigenvalue weighted by Gasteiger charge is 2.30. The normalized spacial score (nSPS) is 18.4. The van der Waals surface area contributed by atoms with E-state index >= 15 is 0 Å². The van der Waals surface area contributed by atoms with E-state index in [0.29, 0.717) is 0 Å². The second kappa shape index (κ2) is 5.87. The van der Waals surface area contributed by atoms with Crippen LogP contribution in [0.4, 0.5) is 5.69 Å². The number of hydrogen-bond acceptors (Lipinski definition) is 3. The van der Waals surface area contributed by atoms with Gasteiger partial charge in [0.15, 0.2) is 0 Å². The minimum Gasteiger partial charge on any atom is -0.359 e. The summed E-state index contributed by atoms with van der Waals surface area (Å²) in [5.74, 6) is -0.0611. The fourth-order valence-corrected chi connectivity index (χ4v) is 2.63. The lowest BCUT2D eigenvalue weighted by molar-refractivity contribution is -0.121. The molecule has 1 fully saturated rings. The summed E-state index contributed by atoms with van der Waals surface area (Å²) in [6, 6.07) is 9.70. The van der Waals surface area contributed by atoms with Crippen molar-refractivity contribution in [1.29, 1.82) is 5.26 Å². The van der Waals surface area contributed by atoms with Crippen LogP contribution in [-0.4, -0.2) is 25.0 Å². The Morgan fingerprint density at radius 1 is 1.61 bits per heavy atom. The monoisotopic (exact) mass is 307 g/mol. The molecule has 0 unspecified atom stereocenters. The summed E-state index contributed by atoms with van der Waals surface area (Å²) in [7, 11) is 0. The molecule has 0 spiro atoms. The van der Waals surface area contributed by atoms with Gasteiger partial charge in [0.25, 0.3) is 0 Å². The van der Waals surface area contributed by atoms with E-state index in [4.69, 9.17) is 5.26 Å². The van der Waals surface area contributed by atoms with Crippen LogP contribution in [0.2, 0.25) is 0 Å². The fourth-order valence-electron chi connectivity index (χ4n) is 2.25. The highest BCUT2D eigenvalue weighted by molar-refractivity contribution is 9.10. The number of nitrogens with one attached hydrogen (secondary N) is 1. The van der Waals surface area contributed by atoms with Crippen molar-refractivity contribution in [2.24, 2.45) is 0 Å². The molecule has 1 heterocycles. The average molecular weight is 308 g/mol. The Labute approximate surface area is 115 Å². The molecule has 1 aliphatic rings. The van der Waals surface area contributed by atoms with Gasteiger partial charge in [-0.3, -0.25) is 4.79 Å². The van der Waals surface area contributed by atoms with Gasteiger partial charge in [-0.05, 0) is 31.0 Å². The first-order valence-electron chi connectivity index (χ1n) is 5.89. The van der Waals surface area contributed by atoms with Gasteiger partial charge in [-0.25, -0.2) is 0 Å². The lowest BCUT2D eigenvalue weighted by Crippen LogP contribution is -2.43.